The Balaban J connectivity index is 1.77. The van der Waals surface area contributed by atoms with Crippen molar-refractivity contribution in [1.29, 1.82) is 0 Å². The number of hydrogen-bond acceptors (Lipinski definition) is 3. The zero-order valence-electron chi connectivity index (χ0n) is 10.6. The minimum atomic E-state index is -1.12. The molecule has 2 aromatic rings. The molecule has 0 bridgehead atoms. The van der Waals surface area contributed by atoms with E-state index >= 15 is 0 Å². The molecular weight excluding hydrogens is 276 g/mol. The molecule has 102 valence electrons. The smallest absolute Gasteiger partial charge is 0.356 e. The molecule has 0 radical (unpaired) electrons. The van der Waals surface area contributed by atoms with E-state index in [4.69, 9.17) is 16.7 Å². The van der Waals surface area contributed by atoms with Crippen molar-refractivity contribution in [3.05, 3.63) is 58.2 Å². The predicted molar refractivity (Wildman–Crippen MR) is 77.5 cm³/mol. The predicted octanol–water partition coefficient (Wildman–Crippen LogP) is 3.01. The van der Waals surface area contributed by atoms with Crippen LogP contribution in [-0.4, -0.2) is 22.1 Å². The first kappa shape index (κ1) is 12.9. The molecule has 0 saturated carbocycles. The fraction of sp³-hybridized carbons (Fsp3) is 0.200. The van der Waals surface area contributed by atoms with Crippen molar-refractivity contribution in [2.24, 2.45) is 0 Å². The number of carboxylic acid groups (broad SMARTS) is 1. The summed E-state index contributed by atoms with van der Waals surface area (Å²) in [6.45, 7) is 0. The second-order valence-electron chi connectivity index (χ2n) is 4.85. The summed E-state index contributed by atoms with van der Waals surface area (Å²) in [5.74, 6) is -0.571. The van der Waals surface area contributed by atoms with E-state index < -0.39 is 5.97 Å². The quantitative estimate of drug-likeness (QED) is 0.911. The largest absolute Gasteiger partial charge is 0.476 e. The SMILES string of the molecule is O=C(O)c1nc(NC2Cc3ccccc3C2)ccc1Cl. The number of carbonyl (C=O) groups is 1. The van der Waals surface area contributed by atoms with E-state index in [2.05, 4.69) is 22.4 Å². The molecule has 1 heterocycles. The summed E-state index contributed by atoms with van der Waals surface area (Å²) < 4.78 is 0. The van der Waals surface area contributed by atoms with Crippen molar-refractivity contribution < 1.29 is 9.90 Å². The van der Waals surface area contributed by atoms with Crippen LogP contribution in [0.25, 0.3) is 0 Å². The van der Waals surface area contributed by atoms with Crippen LogP contribution in [0, 0.1) is 0 Å². The van der Waals surface area contributed by atoms with Gasteiger partial charge in [-0.3, -0.25) is 0 Å². The summed E-state index contributed by atoms with van der Waals surface area (Å²) >= 11 is 5.81. The average molecular weight is 289 g/mol. The first-order valence-corrected chi connectivity index (χ1v) is 6.74. The molecule has 0 amide bonds. The maximum atomic E-state index is 11.0. The summed E-state index contributed by atoms with van der Waals surface area (Å²) in [5, 5.41) is 12.4. The molecule has 3 rings (SSSR count). The monoisotopic (exact) mass is 288 g/mol. The normalized spacial score (nSPS) is 14.1. The number of fused-ring (bicyclic) bond motifs is 1. The minimum Gasteiger partial charge on any atom is -0.476 e. The molecule has 0 atom stereocenters. The number of benzene rings is 1. The Hall–Kier alpha value is -2.07. The molecule has 0 saturated heterocycles. The highest BCUT2D eigenvalue weighted by Crippen LogP contribution is 2.25. The number of nitrogens with one attached hydrogen (secondary N) is 1. The van der Waals surface area contributed by atoms with E-state index in [1.165, 1.54) is 11.1 Å². The second-order valence-corrected chi connectivity index (χ2v) is 5.26. The molecule has 5 heteroatoms. The van der Waals surface area contributed by atoms with Gasteiger partial charge in [-0.25, -0.2) is 9.78 Å². The van der Waals surface area contributed by atoms with Crippen LogP contribution in [0.15, 0.2) is 36.4 Å². The fourth-order valence-electron chi connectivity index (χ4n) is 2.54. The van der Waals surface area contributed by atoms with E-state index in [9.17, 15) is 4.79 Å². The third-order valence-corrected chi connectivity index (χ3v) is 3.76. The van der Waals surface area contributed by atoms with Gasteiger partial charge in [-0.2, -0.15) is 0 Å². The third kappa shape index (κ3) is 2.47. The van der Waals surface area contributed by atoms with Crippen LogP contribution in [0.2, 0.25) is 5.02 Å². The first-order valence-electron chi connectivity index (χ1n) is 6.36. The van der Waals surface area contributed by atoms with Crippen molar-refractivity contribution in [1.82, 2.24) is 4.98 Å². The molecule has 0 fully saturated rings. The van der Waals surface area contributed by atoms with Crippen LogP contribution < -0.4 is 5.32 Å². The molecule has 1 aliphatic rings. The van der Waals surface area contributed by atoms with Gasteiger partial charge in [0.15, 0.2) is 5.69 Å². The highest BCUT2D eigenvalue weighted by atomic mass is 35.5. The summed E-state index contributed by atoms with van der Waals surface area (Å²) in [6, 6.07) is 11.8. The average Bonchev–Trinajstić information content (AvgIpc) is 2.82. The molecule has 2 N–H and O–H groups in total. The lowest BCUT2D eigenvalue weighted by Crippen LogP contribution is -2.20. The van der Waals surface area contributed by atoms with Crippen molar-refractivity contribution in [3.63, 3.8) is 0 Å². The lowest BCUT2D eigenvalue weighted by molar-refractivity contribution is 0.0691. The molecule has 1 aromatic carbocycles. The minimum absolute atomic E-state index is 0.118. The van der Waals surface area contributed by atoms with E-state index in [-0.39, 0.29) is 16.8 Å². The number of pyridine rings is 1. The first-order chi connectivity index (χ1) is 9.63. The summed E-state index contributed by atoms with van der Waals surface area (Å²) in [4.78, 5) is 15.1. The van der Waals surface area contributed by atoms with Gasteiger partial charge < -0.3 is 10.4 Å². The number of rotatable bonds is 3. The van der Waals surface area contributed by atoms with Crippen molar-refractivity contribution in [2.45, 2.75) is 18.9 Å². The Morgan fingerprint density at radius 3 is 2.45 bits per heavy atom. The lowest BCUT2D eigenvalue weighted by atomic mass is 10.1. The van der Waals surface area contributed by atoms with Gasteiger partial charge in [-0.05, 0) is 36.1 Å². The molecular formula is C15H13ClN2O2. The number of hydrogen-bond donors (Lipinski definition) is 2. The van der Waals surface area contributed by atoms with E-state index in [0.29, 0.717) is 5.82 Å². The van der Waals surface area contributed by atoms with Gasteiger partial charge in [-0.1, -0.05) is 35.9 Å². The summed E-state index contributed by atoms with van der Waals surface area (Å²) in [5.41, 5.74) is 2.54. The van der Waals surface area contributed by atoms with Crippen LogP contribution in [0.5, 0.6) is 0 Å². The molecule has 20 heavy (non-hydrogen) atoms. The Bertz CT molecular complexity index is 648. The van der Waals surface area contributed by atoms with Crippen LogP contribution >= 0.6 is 11.6 Å². The molecule has 1 aromatic heterocycles. The topological polar surface area (TPSA) is 62.2 Å². The maximum Gasteiger partial charge on any atom is 0.356 e. The van der Waals surface area contributed by atoms with E-state index in [1.807, 2.05) is 12.1 Å². The highest BCUT2D eigenvalue weighted by Gasteiger charge is 2.21. The Morgan fingerprint density at radius 2 is 1.85 bits per heavy atom. The van der Waals surface area contributed by atoms with Crippen LogP contribution in [0.3, 0.4) is 0 Å². The number of anilines is 1. The molecule has 1 aliphatic carbocycles. The Morgan fingerprint density at radius 1 is 1.20 bits per heavy atom. The second kappa shape index (κ2) is 5.13. The number of aromatic nitrogens is 1. The molecule has 0 spiro atoms. The number of aromatic carboxylic acids is 1. The van der Waals surface area contributed by atoms with Crippen LogP contribution in [0.1, 0.15) is 21.6 Å². The zero-order chi connectivity index (χ0) is 14.1. The fourth-order valence-corrected chi connectivity index (χ4v) is 2.73. The molecule has 0 unspecified atom stereocenters. The van der Waals surface area contributed by atoms with Gasteiger partial charge in [0.1, 0.15) is 5.82 Å². The van der Waals surface area contributed by atoms with Gasteiger partial charge in [-0.15, -0.1) is 0 Å². The number of halogens is 1. The molecule has 0 aliphatic heterocycles. The van der Waals surface area contributed by atoms with Crippen molar-refractivity contribution in [3.8, 4) is 0 Å². The van der Waals surface area contributed by atoms with Gasteiger partial charge in [0.25, 0.3) is 0 Å². The van der Waals surface area contributed by atoms with Crippen LogP contribution in [-0.2, 0) is 12.8 Å². The Kier molecular flexibility index (Phi) is 3.32. The van der Waals surface area contributed by atoms with Gasteiger partial charge in [0.2, 0.25) is 0 Å². The highest BCUT2D eigenvalue weighted by molar-refractivity contribution is 6.33. The zero-order valence-corrected chi connectivity index (χ0v) is 11.4. The van der Waals surface area contributed by atoms with Gasteiger partial charge in [0, 0.05) is 6.04 Å². The maximum absolute atomic E-state index is 11.0. The third-order valence-electron chi connectivity index (χ3n) is 3.45. The summed E-state index contributed by atoms with van der Waals surface area (Å²) in [7, 11) is 0. The van der Waals surface area contributed by atoms with E-state index in [1.54, 1.807) is 12.1 Å². The molecule has 4 nitrogen and oxygen atoms in total. The van der Waals surface area contributed by atoms with E-state index in [0.717, 1.165) is 12.8 Å². The summed E-state index contributed by atoms with van der Waals surface area (Å²) in [6.07, 6.45) is 1.84. The van der Waals surface area contributed by atoms with Gasteiger partial charge in [0.05, 0.1) is 5.02 Å². The van der Waals surface area contributed by atoms with Crippen molar-refractivity contribution in [2.75, 3.05) is 5.32 Å². The van der Waals surface area contributed by atoms with Crippen molar-refractivity contribution >= 4 is 23.4 Å². The lowest BCUT2D eigenvalue weighted by Gasteiger charge is -2.13. The number of nitrogens with zero attached hydrogens (tertiary/aromatic N) is 1. The number of carboxylic acids is 1. The Labute approximate surface area is 121 Å². The standard InChI is InChI=1S/C15H13ClN2O2/c16-12-5-6-13(18-14(12)15(19)20)17-11-7-9-3-1-2-4-10(9)8-11/h1-6,11H,7-8H2,(H,17,18)(H,19,20). The van der Waals surface area contributed by atoms with Crippen LogP contribution in [0.4, 0.5) is 5.82 Å². The van der Waals surface area contributed by atoms with Gasteiger partial charge >= 0.3 is 5.97 Å².